The molecule has 0 radical (unpaired) electrons. The van der Waals surface area contributed by atoms with Crippen LogP contribution in [0.15, 0.2) is 35.7 Å². The van der Waals surface area contributed by atoms with E-state index in [0.29, 0.717) is 18.4 Å². The Hall–Kier alpha value is -1.75. The van der Waals surface area contributed by atoms with E-state index in [1.54, 1.807) is 11.3 Å². The minimum Gasteiger partial charge on any atom is -0.352 e. The van der Waals surface area contributed by atoms with Crippen LogP contribution in [-0.4, -0.2) is 5.91 Å². The molecule has 0 aliphatic heterocycles. The summed E-state index contributed by atoms with van der Waals surface area (Å²) in [5.74, 6) is -1.88. The van der Waals surface area contributed by atoms with E-state index >= 15 is 0 Å². The molecule has 1 N–H and O–H groups in total. The third-order valence-electron chi connectivity index (χ3n) is 2.65. The van der Waals surface area contributed by atoms with E-state index in [1.807, 2.05) is 17.5 Å². The number of halogens is 2. The van der Waals surface area contributed by atoms with Gasteiger partial charge in [0.15, 0.2) is 11.6 Å². The molecule has 0 saturated carbocycles. The fourth-order valence-corrected chi connectivity index (χ4v) is 2.34. The summed E-state index contributed by atoms with van der Waals surface area (Å²) < 4.78 is 25.7. The van der Waals surface area contributed by atoms with Crippen molar-refractivity contribution >= 4 is 17.2 Å². The monoisotopic (exact) mass is 281 g/mol. The first-order valence-electron chi connectivity index (χ1n) is 5.88. The Labute approximate surface area is 114 Å². The van der Waals surface area contributed by atoms with Gasteiger partial charge in [0, 0.05) is 17.8 Å². The molecule has 0 fully saturated rings. The Balaban J connectivity index is 1.78. The van der Waals surface area contributed by atoms with Crippen LogP contribution in [0.4, 0.5) is 8.78 Å². The zero-order chi connectivity index (χ0) is 13.7. The number of hydrogen-bond acceptors (Lipinski definition) is 2. The van der Waals surface area contributed by atoms with Crippen molar-refractivity contribution in [1.29, 1.82) is 0 Å². The van der Waals surface area contributed by atoms with Crippen LogP contribution in [0.1, 0.15) is 16.9 Å². The van der Waals surface area contributed by atoms with Crippen LogP contribution in [0.25, 0.3) is 0 Å². The minimum atomic E-state index is -0.898. The van der Waals surface area contributed by atoms with Crippen LogP contribution in [0.2, 0.25) is 0 Å². The molecule has 5 heteroatoms. The highest BCUT2D eigenvalue weighted by Crippen LogP contribution is 2.11. The van der Waals surface area contributed by atoms with Crippen molar-refractivity contribution in [3.63, 3.8) is 0 Å². The molecular formula is C14H13F2NOS. The van der Waals surface area contributed by atoms with Crippen LogP contribution in [0, 0.1) is 11.6 Å². The highest BCUT2D eigenvalue weighted by Gasteiger charge is 2.05. The maximum Gasteiger partial charge on any atom is 0.220 e. The number of carbonyl (C=O) groups excluding carboxylic acids is 1. The third-order valence-corrected chi connectivity index (χ3v) is 3.59. The van der Waals surface area contributed by atoms with Crippen LogP contribution in [0.5, 0.6) is 0 Å². The summed E-state index contributed by atoms with van der Waals surface area (Å²) in [4.78, 5) is 12.7. The molecule has 1 aromatic carbocycles. The van der Waals surface area contributed by atoms with Crippen molar-refractivity contribution in [2.24, 2.45) is 0 Å². The second kappa shape index (κ2) is 6.43. The molecule has 0 aliphatic rings. The van der Waals surface area contributed by atoms with Gasteiger partial charge in [0.05, 0.1) is 0 Å². The van der Waals surface area contributed by atoms with Crippen molar-refractivity contribution in [1.82, 2.24) is 5.32 Å². The Morgan fingerprint density at radius 1 is 1.21 bits per heavy atom. The third kappa shape index (κ3) is 4.13. The molecule has 0 bridgehead atoms. The number of thiophene rings is 1. The lowest BCUT2D eigenvalue weighted by Crippen LogP contribution is -2.23. The first-order valence-corrected chi connectivity index (χ1v) is 6.76. The first-order chi connectivity index (χ1) is 9.15. The molecule has 1 amide bonds. The first kappa shape index (κ1) is 13.7. The van der Waals surface area contributed by atoms with Crippen LogP contribution >= 0.6 is 11.3 Å². The molecule has 0 atom stereocenters. The normalized spacial score (nSPS) is 10.4. The molecule has 0 unspecified atom stereocenters. The highest BCUT2D eigenvalue weighted by atomic mass is 32.1. The molecule has 0 aliphatic carbocycles. The number of nitrogens with one attached hydrogen (secondary N) is 1. The lowest BCUT2D eigenvalue weighted by atomic mass is 10.2. The largest absolute Gasteiger partial charge is 0.352 e. The number of benzene rings is 1. The molecular weight excluding hydrogens is 268 g/mol. The van der Waals surface area contributed by atoms with Gasteiger partial charge < -0.3 is 5.32 Å². The van der Waals surface area contributed by atoms with E-state index in [0.717, 1.165) is 17.0 Å². The fraction of sp³-hybridized carbons (Fsp3) is 0.214. The van der Waals surface area contributed by atoms with Gasteiger partial charge in [-0.2, -0.15) is 0 Å². The van der Waals surface area contributed by atoms with E-state index < -0.39 is 11.6 Å². The number of amides is 1. The van der Waals surface area contributed by atoms with Gasteiger partial charge in [-0.05, 0) is 35.6 Å². The maximum atomic E-state index is 13.0. The smallest absolute Gasteiger partial charge is 0.220 e. The lowest BCUT2D eigenvalue weighted by Gasteiger charge is -2.05. The molecule has 100 valence electrons. The summed E-state index contributed by atoms with van der Waals surface area (Å²) in [5, 5.41) is 4.65. The van der Waals surface area contributed by atoms with E-state index in [1.165, 1.54) is 6.07 Å². The van der Waals surface area contributed by atoms with Crippen molar-refractivity contribution < 1.29 is 13.6 Å². The standard InChI is InChI=1S/C14H13F2NOS/c15-12-5-3-10(8-13(12)16)9-17-14(18)6-4-11-2-1-7-19-11/h1-3,5,7-8H,4,6,9H2,(H,17,18). The average molecular weight is 281 g/mol. The summed E-state index contributed by atoms with van der Waals surface area (Å²) in [6.07, 6.45) is 1.09. The van der Waals surface area contributed by atoms with Crippen molar-refractivity contribution in [3.05, 3.63) is 57.8 Å². The molecule has 0 saturated heterocycles. The Morgan fingerprint density at radius 2 is 2.05 bits per heavy atom. The number of carbonyl (C=O) groups is 1. The summed E-state index contributed by atoms with van der Waals surface area (Å²) >= 11 is 1.61. The average Bonchev–Trinajstić information content (AvgIpc) is 2.91. The summed E-state index contributed by atoms with van der Waals surface area (Å²) in [6.45, 7) is 0.209. The summed E-state index contributed by atoms with van der Waals surface area (Å²) in [6, 6.07) is 7.53. The van der Waals surface area contributed by atoms with Crippen molar-refractivity contribution in [3.8, 4) is 0 Å². The molecule has 0 spiro atoms. The van der Waals surface area contributed by atoms with Gasteiger partial charge in [0.1, 0.15) is 0 Å². The Bertz CT molecular complexity index is 555. The fourth-order valence-electron chi connectivity index (χ4n) is 1.63. The predicted octanol–water partition coefficient (Wildman–Crippen LogP) is 3.28. The van der Waals surface area contributed by atoms with Crippen LogP contribution in [-0.2, 0) is 17.8 Å². The van der Waals surface area contributed by atoms with Gasteiger partial charge in [-0.25, -0.2) is 8.78 Å². The zero-order valence-electron chi connectivity index (χ0n) is 10.2. The van der Waals surface area contributed by atoms with E-state index in [9.17, 15) is 13.6 Å². The summed E-state index contributed by atoms with van der Waals surface area (Å²) in [5.41, 5.74) is 0.545. The second-order valence-electron chi connectivity index (χ2n) is 4.10. The topological polar surface area (TPSA) is 29.1 Å². The van der Waals surface area contributed by atoms with Gasteiger partial charge in [-0.1, -0.05) is 12.1 Å². The number of rotatable bonds is 5. The zero-order valence-corrected chi connectivity index (χ0v) is 11.0. The van der Waals surface area contributed by atoms with Gasteiger partial charge in [0.2, 0.25) is 5.91 Å². The number of hydrogen-bond donors (Lipinski definition) is 1. The van der Waals surface area contributed by atoms with Gasteiger partial charge in [-0.3, -0.25) is 4.79 Å². The van der Waals surface area contributed by atoms with Crippen molar-refractivity contribution in [2.75, 3.05) is 0 Å². The molecule has 2 aromatic rings. The maximum absolute atomic E-state index is 13.0. The Kier molecular flexibility index (Phi) is 4.63. The van der Waals surface area contributed by atoms with Gasteiger partial charge in [0.25, 0.3) is 0 Å². The van der Waals surface area contributed by atoms with Gasteiger partial charge >= 0.3 is 0 Å². The molecule has 1 aromatic heterocycles. The SMILES string of the molecule is O=C(CCc1cccs1)NCc1ccc(F)c(F)c1. The van der Waals surface area contributed by atoms with E-state index in [2.05, 4.69) is 5.32 Å². The molecule has 2 rings (SSSR count). The predicted molar refractivity (Wildman–Crippen MR) is 70.8 cm³/mol. The lowest BCUT2D eigenvalue weighted by molar-refractivity contribution is -0.121. The van der Waals surface area contributed by atoms with E-state index in [-0.39, 0.29) is 12.5 Å². The van der Waals surface area contributed by atoms with Crippen molar-refractivity contribution in [2.45, 2.75) is 19.4 Å². The van der Waals surface area contributed by atoms with Gasteiger partial charge in [-0.15, -0.1) is 11.3 Å². The Morgan fingerprint density at radius 3 is 2.74 bits per heavy atom. The van der Waals surface area contributed by atoms with E-state index in [4.69, 9.17) is 0 Å². The second-order valence-corrected chi connectivity index (χ2v) is 5.14. The molecule has 19 heavy (non-hydrogen) atoms. The van der Waals surface area contributed by atoms with Crippen LogP contribution < -0.4 is 5.32 Å². The minimum absolute atomic E-state index is 0.0990. The molecule has 1 heterocycles. The molecule has 2 nitrogen and oxygen atoms in total. The van der Waals surface area contributed by atoms with Crippen LogP contribution in [0.3, 0.4) is 0 Å². The summed E-state index contributed by atoms with van der Waals surface area (Å²) in [7, 11) is 0. The quantitative estimate of drug-likeness (QED) is 0.895. The number of aryl methyl sites for hydroxylation is 1. The highest BCUT2D eigenvalue weighted by molar-refractivity contribution is 7.09.